The molecule has 0 unspecified atom stereocenters. The maximum Gasteiger partial charge on any atom is 0.346 e. The van der Waals surface area contributed by atoms with E-state index in [1.54, 1.807) is 6.92 Å². The van der Waals surface area contributed by atoms with E-state index in [4.69, 9.17) is 5.11 Å². The van der Waals surface area contributed by atoms with Crippen LogP contribution in [0.2, 0.25) is 0 Å². The summed E-state index contributed by atoms with van der Waals surface area (Å²) in [7, 11) is -3.66. The fraction of sp³-hybridized carbons (Fsp3) is 0.182. The van der Waals surface area contributed by atoms with E-state index in [0.717, 1.165) is 16.9 Å². The third-order valence-corrected chi connectivity index (χ3v) is 6.23. The molecule has 0 aliphatic heterocycles. The van der Waals surface area contributed by atoms with Crippen molar-refractivity contribution in [1.82, 2.24) is 4.72 Å². The number of aromatic carboxylic acids is 1. The van der Waals surface area contributed by atoms with Crippen LogP contribution in [0, 0.1) is 6.92 Å². The molecule has 2 aromatic heterocycles. The van der Waals surface area contributed by atoms with Gasteiger partial charge in [0.15, 0.2) is 0 Å². The van der Waals surface area contributed by atoms with Gasteiger partial charge in [-0.1, -0.05) is 0 Å². The van der Waals surface area contributed by atoms with Gasteiger partial charge >= 0.3 is 5.97 Å². The zero-order chi connectivity index (χ0) is 14.0. The molecule has 102 valence electrons. The van der Waals surface area contributed by atoms with E-state index in [1.807, 2.05) is 16.8 Å². The Kier molecular flexibility index (Phi) is 4.04. The van der Waals surface area contributed by atoms with E-state index in [0.29, 0.717) is 5.56 Å². The average Bonchev–Trinajstić information content (AvgIpc) is 2.95. The predicted octanol–water partition coefficient (Wildman–Crippen LogP) is 2.29. The third-order valence-electron chi connectivity index (χ3n) is 2.40. The Morgan fingerprint density at radius 3 is 2.74 bits per heavy atom. The summed E-state index contributed by atoms with van der Waals surface area (Å²) in [5, 5.41) is 12.6. The highest BCUT2D eigenvalue weighted by Gasteiger charge is 2.21. The number of thiophene rings is 2. The second kappa shape index (κ2) is 5.41. The van der Waals surface area contributed by atoms with Gasteiger partial charge in [-0.3, -0.25) is 0 Å². The number of nitrogens with one attached hydrogen (secondary N) is 1. The van der Waals surface area contributed by atoms with Gasteiger partial charge in [-0.2, -0.15) is 11.3 Å². The molecule has 0 radical (unpaired) electrons. The summed E-state index contributed by atoms with van der Waals surface area (Å²) in [4.78, 5) is 11.0. The SMILES string of the molecule is Cc1cc(S(=O)(=O)NCc2ccsc2)sc1C(=O)O. The van der Waals surface area contributed by atoms with Gasteiger partial charge in [-0.15, -0.1) is 11.3 Å². The summed E-state index contributed by atoms with van der Waals surface area (Å²) < 4.78 is 26.5. The third kappa shape index (κ3) is 3.21. The van der Waals surface area contributed by atoms with Crippen molar-refractivity contribution >= 4 is 38.7 Å². The lowest BCUT2D eigenvalue weighted by Gasteiger charge is -2.02. The molecule has 8 heteroatoms. The van der Waals surface area contributed by atoms with Crippen LogP contribution < -0.4 is 4.72 Å². The summed E-state index contributed by atoms with van der Waals surface area (Å²) >= 11 is 2.25. The minimum absolute atomic E-state index is 0.0256. The zero-order valence-corrected chi connectivity index (χ0v) is 12.4. The van der Waals surface area contributed by atoms with Crippen molar-refractivity contribution in [3.05, 3.63) is 38.9 Å². The largest absolute Gasteiger partial charge is 0.477 e. The van der Waals surface area contributed by atoms with E-state index in [9.17, 15) is 13.2 Å². The number of sulfonamides is 1. The zero-order valence-electron chi connectivity index (χ0n) is 9.91. The summed E-state index contributed by atoms with van der Waals surface area (Å²) in [5.41, 5.74) is 1.33. The molecular weight excluding hydrogens is 306 g/mol. The Morgan fingerprint density at radius 1 is 1.47 bits per heavy atom. The minimum atomic E-state index is -3.66. The lowest BCUT2D eigenvalue weighted by molar-refractivity contribution is 0.0701. The number of hydrogen-bond donors (Lipinski definition) is 2. The van der Waals surface area contributed by atoms with Crippen molar-refractivity contribution in [1.29, 1.82) is 0 Å². The summed E-state index contributed by atoms with van der Waals surface area (Å²) in [6.07, 6.45) is 0. The van der Waals surface area contributed by atoms with Crippen LogP contribution in [0.4, 0.5) is 0 Å². The fourth-order valence-corrected chi connectivity index (χ4v) is 4.55. The molecule has 0 aromatic carbocycles. The molecule has 0 aliphatic carbocycles. The molecule has 0 saturated heterocycles. The number of hydrogen-bond acceptors (Lipinski definition) is 5. The smallest absolute Gasteiger partial charge is 0.346 e. The first-order valence-electron chi connectivity index (χ1n) is 5.24. The van der Waals surface area contributed by atoms with Gasteiger partial charge in [0.1, 0.15) is 9.09 Å². The maximum atomic E-state index is 12.0. The number of aryl methyl sites for hydroxylation is 1. The number of carboxylic acids is 1. The topological polar surface area (TPSA) is 83.5 Å². The van der Waals surface area contributed by atoms with Crippen molar-refractivity contribution in [2.75, 3.05) is 0 Å². The van der Waals surface area contributed by atoms with Gasteiger partial charge in [0, 0.05) is 6.54 Å². The standard InChI is InChI=1S/C11H11NO4S3/c1-7-4-9(18-10(7)11(13)14)19(15,16)12-5-8-2-3-17-6-8/h2-4,6,12H,5H2,1H3,(H,13,14). The van der Waals surface area contributed by atoms with Crippen molar-refractivity contribution in [3.8, 4) is 0 Å². The van der Waals surface area contributed by atoms with Gasteiger partial charge in [-0.25, -0.2) is 17.9 Å². The Labute approximate surface area is 118 Å². The van der Waals surface area contributed by atoms with Crippen LogP contribution in [0.3, 0.4) is 0 Å². The van der Waals surface area contributed by atoms with Gasteiger partial charge in [0.2, 0.25) is 10.0 Å². The van der Waals surface area contributed by atoms with Gasteiger partial charge in [0.05, 0.1) is 0 Å². The lowest BCUT2D eigenvalue weighted by atomic mass is 10.3. The summed E-state index contributed by atoms with van der Waals surface area (Å²) in [6.45, 7) is 1.78. The van der Waals surface area contributed by atoms with Gasteiger partial charge < -0.3 is 5.11 Å². The molecule has 0 spiro atoms. The van der Waals surface area contributed by atoms with Crippen molar-refractivity contribution in [3.63, 3.8) is 0 Å². The number of rotatable bonds is 5. The molecule has 5 nitrogen and oxygen atoms in total. The second-order valence-electron chi connectivity index (χ2n) is 3.84. The first-order chi connectivity index (χ1) is 8.90. The van der Waals surface area contributed by atoms with Crippen molar-refractivity contribution < 1.29 is 18.3 Å². The number of carboxylic acid groups (broad SMARTS) is 1. The Hall–Kier alpha value is -1.22. The van der Waals surface area contributed by atoms with Crippen molar-refractivity contribution in [2.45, 2.75) is 17.7 Å². The van der Waals surface area contributed by atoms with Gasteiger partial charge in [0.25, 0.3) is 0 Å². The molecule has 0 bridgehead atoms. The lowest BCUT2D eigenvalue weighted by Crippen LogP contribution is -2.22. The molecule has 0 amide bonds. The highest BCUT2D eigenvalue weighted by atomic mass is 32.2. The van der Waals surface area contributed by atoms with Crippen LogP contribution >= 0.6 is 22.7 Å². The molecule has 0 aliphatic rings. The Morgan fingerprint density at radius 2 is 2.21 bits per heavy atom. The molecular formula is C11H11NO4S3. The molecule has 2 rings (SSSR count). The number of carbonyl (C=O) groups is 1. The minimum Gasteiger partial charge on any atom is -0.477 e. The maximum absolute atomic E-state index is 12.0. The molecule has 0 atom stereocenters. The Balaban J connectivity index is 2.20. The molecule has 19 heavy (non-hydrogen) atoms. The fourth-order valence-electron chi connectivity index (χ4n) is 1.44. The van der Waals surface area contributed by atoms with Crippen LogP contribution in [0.5, 0.6) is 0 Å². The predicted molar refractivity (Wildman–Crippen MR) is 74.4 cm³/mol. The van der Waals surface area contributed by atoms with Crippen molar-refractivity contribution in [2.24, 2.45) is 0 Å². The monoisotopic (exact) mass is 317 g/mol. The van der Waals surface area contributed by atoms with Crippen LogP contribution in [0.15, 0.2) is 27.1 Å². The first kappa shape index (κ1) is 14.2. The van der Waals surface area contributed by atoms with E-state index < -0.39 is 16.0 Å². The highest BCUT2D eigenvalue weighted by molar-refractivity contribution is 7.91. The molecule has 0 fully saturated rings. The van der Waals surface area contributed by atoms with Crippen LogP contribution in [-0.4, -0.2) is 19.5 Å². The quantitative estimate of drug-likeness (QED) is 0.886. The first-order valence-corrected chi connectivity index (χ1v) is 8.49. The van der Waals surface area contributed by atoms with E-state index in [1.165, 1.54) is 17.4 Å². The van der Waals surface area contributed by atoms with Crippen LogP contribution in [0.25, 0.3) is 0 Å². The average molecular weight is 317 g/mol. The molecule has 2 aromatic rings. The van der Waals surface area contributed by atoms with E-state index >= 15 is 0 Å². The summed E-state index contributed by atoms with van der Waals surface area (Å²) in [5.74, 6) is -1.11. The van der Waals surface area contributed by atoms with Crippen LogP contribution in [-0.2, 0) is 16.6 Å². The van der Waals surface area contributed by atoms with Crippen LogP contribution in [0.1, 0.15) is 20.8 Å². The van der Waals surface area contributed by atoms with E-state index in [2.05, 4.69) is 4.72 Å². The van der Waals surface area contributed by atoms with E-state index in [-0.39, 0.29) is 15.6 Å². The molecule has 2 N–H and O–H groups in total. The Bertz CT molecular complexity index is 686. The molecule has 2 heterocycles. The highest BCUT2D eigenvalue weighted by Crippen LogP contribution is 2.26. The normalized spacial score (nSPS) is 11.6. The summed E-state index contributed by atoms with van der Waals surface area (Å²) in [6, 6.07) is 3.21. The second-order valence-corrected chi connectivity index (χ2v) is 7.66. The van der Waals surface area contributed by atoms with Gasteiger partial charge in [-0.05, 0) is 40.9 Å². The molecule has 0 saturated carbocycles.